The van der Waals surface area contributed by atoms with E-state index in [1.165, 1.54) is 12.1 Å². The van der Waals surface area contributed by atoms with Crippen molar-refractivity contribution in [1.82, 2.24) is 0 Å². The minimum Gasteiger partial charge on any atom is -0.234 e. The molecule has 0 saturated heterocycles. The molecule has 2 aromatic carbocycles. The highest BCUT2D eigenvalue weighted by atomic mass is 35.5. The van der Waals surface area contributed by atoms with Crippen molar-refractivity contribution in [3.63, 3.8) is 0 Å². The van der Waals surface area contributed by atoms with Gasteiger partial charge in [0, 0.05) is 5.56 Å². The third kappa shape index (κ3) is 3.27. The van der Waals surface area contributed by atoms with Crippen LogP contribution in [0.25, 0.3) is 11.1 Å². The monoisotopic (exact) mass is 333 g/mol. The Morgan fingerprint density at radius 3 is 1.95 bits per heavy atom. The van der Waals surface area contributed by atoms with Gasteiger partial charge >= 0.3 is 12.1 Å². The second-order valence-electron chi connectivity index (χ2n) is 4.36. The Morgan fingerprint density at radius 1 is 0.818 bits per heavy atom. The average Bonchev–Trinajstić information content (AvgIpc) is 2.47. The fourth-order valence-corrected chi connectivity index (χ4v) is 1.92. The number of hydrogen-bond acceptors (Lipinski definition) is 1. The van der Waals surface area contributed by atoms with Crippen molar-refractivity contribution in [1.29, 1.82) is 0 Å². The number of nitrogens with zero attached hydrogens (tertiary/aromatic N) is 1. The molecule has 1 nitrogen and oxygen atoms in total. The lowest BCUT2D eigenvalue weighted by Crippen LogP contribution is -2.41. The predicted octanol–water partition coefficient (Wildman–Crippen LogP) is 5.82. The van der Waals surface area contributed by atoms with Gasteiger partial charge in [-0.15, -0.1) is 0 Å². The number of alkyl halides is 5. The smallest absolute Gasteiger partial charge is 0.234 e. The molecule has 0 amide bonds. The van der Waals surface area contributed by atoms with Gasteiger partial charge in [-0.1, -0.05) is 60.1 Å². The Kier molecular flexibility index (Phi) is 4.51. The highest BCUT2D eigenvalue weighted by Gasteiger charge is 2.61. The molecule has 0 fully saturated rings. The van der Waals surface area contributed by atoms with Crippen LogP contribution in [0.1, 0.15) is 0 Å². The molecule has 7 heteroatoms. The number of benzene rings is 2. The van der Waals surface area contributed by atoms with E-state index in [0.717, 1.165) is 0 Å². The summed E-state index contributed by atoms with van der Waals surface area (Å²) in [5.41, 5.74) is 0.962. The molecule has 0 atom stereocenters. The third-order valence-electron chi connectivity index (χ3n) is 2.82. The first-order valence-electron chi connectivity index (χ1n) is 6.07. The van der Waals surface area contributed by atoms with E-state index in [-0.39, 0.29) is 5.69 Å². The zero-order chi connectivity index (χ0) is 16.4. The van der Waals surface area contributed by atoms with E-state index in [4.69, 9.17) is 11.6 Å². The largest absolute Gasteiger partial charge is 0.460 e. The van der Waals surface area contributed by atoms with E-state index < -0.39 is 17.3 Å². The van der Waals surface area contributed by atoms with Crippen molar-refractivity contribution in [3.05, 3.63) is 54.6 Å². The van der Waals surface area contributed by atoms with Crippen LogP contribution in [0, 0.1) is 0 Å². The summed E-state index contributed by atoms with van der Waals surface area (Å²) in [7, 11) is 0. The molecule has 0 spiro atoms. The zero-order valence-electron chi connectivity index (χ0n) is 10.9. The Labute approximate surface area is 128 Å². The van der Waals surface area contributed by atoms with Gasteiger partial charge in [0.25, 0.3) is 0 Å². The first kappa shape index (κ1) is 16.4. The number of para-hydroxylation sites is 1. The van der Waals surface area contributed by atoms with Gasteiger partial charge in [-0.3, -0.25) is 0 Å². The summed E-state index contributed by atoms with van der Waals surface area (Å²) in [6, 6.07) is 14.5. The first-order chi connectivity index (χ1) is 10.2. The van der Waals surface area contributed by atoms with Gasteiger partial charge in [-0.2, -0.15) is 22.0 Å². The van der Waals surface area contributed by atoms with E-state index in [0.29, 0.717) is 11.1 Å². The van der Waals surface area contributed by atoms with Crippen LogP contribution < -0.4 is 0 Å². The van der Waals surface area contributed by atoms with Crippen molar-refractivity contribution in [2.75, 3.05) is 0 Å². The maximum absolute atomic E-state index is 13.2. The fourth-order valence-electron chi connectivity index (χ4n) is 1.73. The van der Waals surface area contributed by atoms with Crippen molar-refractivity contribution in [2.24, 2.45) is 4.99 Å². The summed E-state index contributed by atoms with van der Waals surface area (Å²) in [4.78, 5) is 3.29. The average molecular weight is 334 g/mol. The van der Waals surface area contributed by atoms with Gasteiger partial charge in [0.1, 0.15) is 0 Å². The molecule has 116 valence electrons. The highest BCUT2D eigenvalue weighted by molar-refractivity contribution is 6.67. The summed E-state index contributed by atoms with van der Waals surface area (Å²) in [5, 5.41) is -1.82. The number of hydrogen-bond donors (Lipinski definition) is 0. The van der Waals surface area contributed by atoms with E-state index in [9.17, 15) is 22.0 Å². The van der Waals surface area contributed by atoms with Crippen molar-refractivity contribution in [3.8, 4) is 11.1 Å². The van der Waals surface area contributed by atoms with Crippen molar-refractivity contribution < 1.29 is 22.0 Å². The molecule has 0 heterocycles. The molecule has 0 aliphatic heterocycles. The lowest BCUT2D eigenvalue weighted by molar-refractivity contribution is -0.248. The molecule has 0 N–H and O–H groups in total. The van der Waals surface area contributed by atoms with Gasteiger partial charge in [-0.25, -0.2) is 4.99 Å². The Balaban J connectivity index is 2.49. The van der Waals surface area contributed by atoms with Gasteiger partial charge < -0.3 is 0 Å². The number of rotatable bonds is 3. The van der Waals surface area contributed by atoms with Crippen LogP contribution in [0.5, 0.6) is 0 Å². The summed E-state index contributed by atoms with van der Waals surface area (Å²) < 4.78 is 63.2. The number of aliphatic imine (C=N–C) groups is 1. The molecule has 2 rings (SSSR count). The van der Waals surface area contributed by atoms with Crippen LogP contribution in [-0.4, -0.2) is 17.3 Å². The third-order valence-corrected chi connectivity index (χ3v) is 3.14. The molecule has 0 saturated carbocycles. The summed E-state index contributed by atoms with van der Waals surface area (Å²) >= 11 is 5.13. The highest BCUT2D eigenvalue weighted by Crippen LogP contribution is 2.39. The van der Waals surface area contributed by atoms with Gasteiger partial charge in [0.15, 0.2) is 5.17 Å². The molecule has 2 aromatic rings. The molecule has 0 unspecified atom stereocenters. The molecule has 0 aliphatic carbocycles. The molecular weight excluding hydrogens is 325 g/mol. The second kappa shape index (κ2) is 6.04. The number of halogens is 6. The van der Waals surface area contributed by atoms with Crippen LogP contribution >= 0.6 is 11.6 Å². The van der Waals surface area contributed by atoms with E-state index in [1.54, 1.807) is 42.5 Å². The second-order valence-corrected chi connectivity index (χ2v) is 4.72. The van der Waals surface area contributed by atoms with Gasteiger partial charge in [0.2, 0.25) is 0 Å². The predicted molar refractivity (Wildman–Crippen MR) is 75.8 cm³/mol. The molecule has 0 bridgehead atoms. The quantitative estimate of drug-likeness (QED) is 0.495. The fraction of sp³-hybridized carbons (Fsp3) is 0.133. The summed E-state index contributed by atoms with van der Waals surface area (Å²) in [6.45, 7) is 0. The van der Waals surface area contributed by atoms with Crippen LogP contribution in [0.15, 0.2) is 59.6 Å². The van der Waals surface area contributed by atoms with Crippen LogP contribution in [-0.2, 0) is 0 Å². The molecule has 0 aromatic heterocycles. The lowest BCUT2D eigenvalue weighted by atomic mass is 10.0. The van der Waals surface area contributed by atoms with E-state index in [1.807, 2.05) is 0 Å². The maximum Gasteiger partial charge on any atom is 0.460 e. The lowest BCUT2D eigenvalue weighted by Gasteiger charge is -2.18. The minimum atomic E-state index is -5.80. The van der Waals surface area contributed by atoms with E-state index >= 15 is 0 Å². The van der Waals surface area contributed by atoms with Gasteiger partial charge in [0.05, 0.1) is 5.69 Å². The van der Waals surface area contributed by atoms with Crippen LogP contribution in [0.2, 0.25) is 0 Å². The SMILES string of the molecule is FC(F)(F)C(F)(F)C(Cl)=Nc1ccccc1-c1ccccc1. The standard InChI is InChI=1S/C15H9ClF5N/c16-13(14(17,18)15(19,20)21)22-12-9-5-4-8-11(12)10-6-2-1-3-7-10/h1-9H. The summed E-state index contributed by atoms with van der Waals surface area (Å²) in [6.07, 6.45) is -5.80. The van der Waals surface area contributed by atoms with Crippen molar-refractivity contribution >= 4 is 22.5 Å². The summed E-state index contributed by atoms with van der Waals surface area (Å²) in [5.74, 6) is -5.20. The Bertz CT molecular complexity index is 680. The maximum atomic E-state index is 13.2. The molecule has 22 heavy (non-hydrogen) atoms. The molecule has 0 aliphatic rings. The topological polar surface area (TPSA) is 12.4 Å². The normalized spacial score (nSPS) is 13.3. The Hall–Kier alpha value is -1.95. The molecular formula is C15H9ClF5N. The van der Waals surface area contributed by atoms with Gasteiger partial charge in [-0.05, 0) is 11.6 Å². The van der Waals surface area contributed by atoms with E-state index in [2.05, 4.69) is 4.99 Å². The zero-order valence-corrected chi connectivity index (χ0v) is 11.7. The Morgan fingerprint density at radius 2 is 1.36 bits per heavy atom. The van der Waals surface area contributed by atoms with Crippen molar-refractivity contribution in [2.45, 2.75) is 12.1 Å². The van der Waals surface area contributed by atoms with Crippen LogP contribution in [0.3, 0.4) is 0 Å². The minimum absolute atomic E-state index is 0.0670. The molecule has 0 radical (unpaired) electrons. The first-order valence-corrected chi connectivity index (χ1v) is 6.45. The van der Waals surface area contributed by atoms with Crippen LogP contribution in [0.4, 0.5) is 27.6 Å².